The maximum Gasteiger partial charge on any atom is 0.258 e. The Hall–Kier alpha value is -4.58. The highest BCUT2D eigenvalue weighted by Crippen LogP contribution is 2.36. The van der Waals surface area contributed by atoms with Gasteiger partial charge in [0.15, 0.2) is 0 Å². The van der Waals surface area contributed by atoms with Crippen LogP contribution in [0.15, 0.2) is 97.1 Å². The van der Waals surface area contributed by atoms with E-state index in [0.717, 1.165) is 26.5 Å². The Morgan fingerprint density at radius 3 is 1.08 bits per heavy atom. The highest BCUT2D eigenvalue weighted by Gasteiger charge is 2.27. The average Bonchev–Trinajstić information content (AvgIpc) is 3.39. The fraction of sp³-hybridized carbons (Fsp3) is 0.161. The molecule has 0 atom stereocenters. The molecular formula is C31H26N2O4. The number of hydrogen-bond acceptors (Lipinski definition) is 4. The van der Waals surface area contributed by atoms with Gasteiger partial charge in [0.25, 0.3) is 23.6 Å². The molecule has 0 saturated carbocycles. The van der Waals surface area contributed by atoms with Crippen molar-refractivity contribution in [2.75, 3.05) is 9.80 Å². The third-order valence-corrected chi connectivity index (χ3v) is 6.70. The standard InChI is InChI=1S/C31H26N2O4/c1-31(2,3)23-10-4-20(5-11-23)30(21-6-12-24(13-7-21)32-26(34)16-17-27(32)35)22-8-14-25(15-9-22)33-28(36)18-19-29(33)37/h4-19,30H,1-3H3. The molecule has 0 aromatic heterocycles. The number of amides is 4. The van der Waals surface area contributed by atoms with Gasteiger partial charge in [0.2, 0.25) is 0 Å². The molecule has 2 aliphatic rings. The Bertz CT molecular complexity index is 1340. The summed E-state index contributed by atoms with van der Waals surface area (Å²) in [6.07, 6.45) is 5.07. The predicted molar refractivity (Wildman–Crippen MR) is 142 cm³/mol. The molecule has 0 spiro atoms. The molecule has 0 saturated heterocycles. The van der Waals surface area contributed by atoms with Crippen molar-refractivity contribution in [2.24, 2.45) is 0 Å². The molecule has 3 aromatic rings. The molecular weight excluding hydrogens is 464 g/mol. The molecule has 2 aliphatic heterocycles. The van der Waals surface area contributed by atoms with Gasteiger partial charge in [0.1, 0.15) is 0 Å². The van der Waals surface area contributed by atoms with E-state index in [0.29, 0.717) is 11.4 Å². The molecule has 0 aliphatic carbocycles. The summed E-state index contributed by atoms with van der Waals surface area (Å²) >= 11 is 0. The van der Waals surface area contributed by atoms with E-state index in [1.54, 1.807) is 24.3 Å². The van der Waals surface area contributed by atoms with E-state index >= 15 is 0 Å². The number of carbonyl (C=O) groups is 4. The highest BCUT2D eigenvalue weighted by molar-refractivity contribution is 6.28. The molecule has 0 bridgehead atoms. The minimum Gasteiger partial charge on any atom is -0.269 e. The van der Waals surface area contributed by atoms with Gasteiger partial charge in [-0.15, -0.1) is 0 Å². The summed E-state index contributed by atoms with van der Waals surface area (Å²) in [5.41, 5.74) is 5.28. The summed E-state index contributed by atoms with van der Waals surface area (Å²) in [4.78, 5) is 50.7. The molecule has 6 nitrogen and oxygen atoms in total. The Balaban J connectivity index is 1.53. The van der Waals surface area contributed by atoms with Gasteiger partial charge in [0.05, 0.1) is 11.4 Å². The lowest BCUT2D eigenvalue weighted by molar-refractivity contribution is -0.121. The third kappa shape index (κ3) is 4.54. The highest BCUT2D eigenvalue weighted by atomic mass is 16.2. The van der Waals surface area contributed by atoms with Gasteiger partial charge in [-0.05, 0) is 51.9 Å². The predicted octanol–water partition coefficient (Wildman–Crippen LogP) is 5.02. The van der Waals surface area contributed by atoms with Crippen molar-refractivity contribution < 1.29 is 19.2 Å². The zero-order valence-electron chi connectivity index (χ0n) is 20.8. The van der Waals surface area contributed by atoms with E-state index in [9.17, 15) is 19.2 Å². The Labute approximate surface area is 215 Å². The molecule has 184 valence electrons. The third-order valence-electron chi connectivity index (χ3n) is 6.70. The molecule has 37 heavy (non-hydrogen) atoms. The van der Waals surface area contributed by atoms with Crippen LogP contribution in [0.3, 0.4) is 0 Å². The lowest BCUT2D eigenvalue weighted by Gasteiger charge is -2.24. The number of anilines is 2. The van der Waals surface area contributed by atoms with Crippen LogP contribution in [-0.2, 0) is 24.6 Å². The van der Waals surface area contributed by atoms with E-state index in [1.807, 2.05) is 24.3 Å². The van der Waals surface area contributed by atoms with Crippen LogP contribution < -0.4 is 9.80 Å². The Morgan fingerprint density at radius 2 is 0.784 bits per heavy atom. The number of hydrogen-bond donors (Lipinski definition) is 0. The second kappa shape index (κ2) is 9.13. The summed E-state index contributed by atoms with van der Waals surface area (Å²) in [7, 11) is 0. The van der Waals surface area contributed by atoms with Crippen LogP contribution in [-0.4, -0.2) is 23.6 Å². The van der Waals surface area contributed by atoms with Crippen molar-refractivity contribution in [1.82, 2.24) is 0 Å². The smallest absolute Gasteiger partial charge is 0.258 e. The lowest BCUT2D eigenvalue weighted by Crippen LogP contribution is -2.29. The molecule has 2 heterocycles. The normalized spacial score (nSPS) is 15.6. The first kappa shape index (κ1) is 24.1. The van der Waals surface area contributed by atoms with Gasteiger partial charge in [-0.1, -0.05) is 69.3 Å². The Morgan fingerprint density at radius 1 is 0.486 bits per heavy atom. The van der Waals surface area contributed by atoms with Crippen LogP contribution in [0.25, 0.3) is 0 Å². The monoisotopic (exact) mass is 490 g/mol. The fourth-order valence-electron chi connectivity index (χ4n) is 4.69. The van der Waals surface area contributed by atoms with Gasteiger partial charge < -0.3 is 0 Å². The minimum absolute atomic E-state index is 0.0169. The van der Waals surface area contributed by atoms with Gasteiger partial charge in [-0.3, -0.25) is 19.2 Å². The zero-order chi connectivity index (χ0) is 26.3. The molecule has 0 radical (unpaired) electrons. The minimum atomic E-state index is -0.358. The van der Waals surface area contributed by atoms with Gasteiger partial charge in [0, 0.05) is 30.2 Å². The molecule has 5 rings (SSSR count). The van der Waals surface area contributed by atoms with Crippen LogP contribution in [0.1, 0.15) is 48.9 Å². The number of benzene rings is 3. The first-order valence-corrected chi connectivity index (χ1v) is 12.1. The maximum absolute atomic E-state index is 12.1. The van der Waals surface area contributed by atoms with E-state index in [1.165, 1.54) is 29.9 Å². The van der Waals surface area contributed by atoms with Crippen molar-refractivity contribution in [3.63, 3.8) is 0 Å². The first-order valence-electron chi connectivity index (χ1n) is 12.1. The van der Waals surface area contributed by atoms with Crippen LogP contribution in [0.2, 0.25) is 0 Å². The Kier molecular flexibility index (Phi) is 5.96. The molecule has 0 unspecified atom stereocenters. The van der Waals surface area contributed by atoms with Crippen LogP contribution in [0, 0.1) is 0 Å². The van der Waals surface area contributed by atoms with Gasteiger partial charge in [-0.2, -0.15) is 0 Å². The van der Waals surface area contributed by atoms with E-state index in [2.05, 4.69) is 45.0 Å². The van der Waals surface area contributed by atoms with E-state index in [-0.39, 0.29) is 35.0 Å². The average molecular weight is 491 g/mol. The number of carbonyl (C=O) groups excluding carboxylic acids is 4. The van der Waals surface area contributed by atoms with Crippen molar-refractivity contribution in [3.8, 4) is 0 Å². The first-order chi connectivity index (χ1) is 17.6. The number of nitrogens with zero attached hydrogens (tertiary/aromatic N) is 2. The van der Waals surface area contributed by atoms with Crippen molar-refractivity contribution >= 4 is 35.0 Å². The summed E-state index contributed by atoms with van der Waals surface area (Å²) in [6, 6.07) is 23.3. The van der Waals surface area contributed by atoms with Crippen molar-refractivity contribution in [1.29, 1.82) is 0 Å². The second-order valence-electron chi connectivity index (χ2n) is 10.2. The number of imide groups is 2. The van der Waals surface area contributed by atoms with E-state index in [4.69, 9.17) is 0 Å². The summed E-state index contributed by atoms with van der Waals surface area (Å²) in [6.45, 7) is 6.51. The van der Waals surface area contributed by atoms with E-state index < -0.39 is 0 Å². The van der Waals surface area contributed by atoms with Crippen LogP contribution >= 0.6 is 0 Å². The van der Waals surface area contributed by atoms with Gasteiger partial charge >= 0.3 is 0 Å². The summed E-state index contributed by atoms with van der Waals surface area (Å²) in [5, 5.41) is 0. The van der Waals surface area contributed by atoms with Crippen molar-refractivity contribution in [3.05, 3.63) is 119 Å². The fourth-order valence-corrected chi connectivity index (χ4v) is 4.69. The summed E-state index contributed by atoms with van der Waals surface area (Å²) < 4.78 is 0. The molecule has 0 N–H and O–H groups in total. The molecule has 0 fully saturated rings. The van der Waals surface area contributed by atoms with Crippen LogP contribution in [0.4, 0.5) is 11.4 Å². The van der Waals surface area contributed by atoms with Crippen LogP contribution in [0.5, 0.6) is 0 Å². The zero-order valence-corrected chi connectivity index (χ0v) is 20.8. The molecule has 3 aromatic carbocycles. The maximum atomic E-state index is 12.1. The molecule has 4 amide bonds. The van der Waals surface area contributed by atoms with Crippen molar-refractivity contribution in [2.45, 2.75) is 32.1 Å². The largest absolute Gasteiger partial charge is 0.269 e. The van der Waals surface area contributed by atoms with Gasteiger partial charge in [-0.25, -0.2) is 9.80 Å². The number of rotatable bonds is 5. The molecule has 6 heteroatoms. The second-order valence-corrected chi connectivity index (χ2v) is 10.2. The topological polar surface area (TPSA) is 74.8 Å². The quantitative estimate of drug-likeness (QED) is 0.372. The SMILES string of the molecule is CC(C)(C)c1ccc(C(c2ccc(N3C(=O)C=CC3=O)cc2)c2ccc(N3C(=O)C=CC3=O)cc2)cc1. The summed E-state index contributed by atoms with van der Waals surface area (Å²) in [5.74, 6) is -1.58. The lowest BCUT2D eigenvalue weighted by atomic mass is 9.82.